The number of hydrogen-bond donors (Lipinski definition) is 1. The van der Waals surface area contributed by atoms with Crippen LogP contribution < -0.4 is 5.43 Å². The maximum atomic E-state index is 4.38. The van der Waals surface area contributed by atoms with Gasteiger partial charge < -0.3 is 0 Å². The molecule has 0 bridgehead atoms. The molecule has 0 fully saturated rings. The lowest BCUT2D eigenvalue weighted by Crippen LogP contribution is -1.99. The average molecular weight is 275 g/mol. The Balaban J connectivity index is 1.74. The van der Waals surface area contributed by atoms with Crippen molar-refractivity contribution in [2.24, 2.45) is 5.10 Å². The fourth-order valence-electron chi connectivity index (χ4n) is 1.80. The molecule has 0 unspecified atom stereocenters. The molecule has 5 heteroatoms. The number of benzene rings is 2. The number of hydrogen-bond acceptors (Lipinski definition) is 5. The van der Waals surface area contributed by atoms with E-state index in [0.717, 1.165) is 16.8 Å². The lowest BCUT2D eigenvalue weighted by Gasteiger charge is -2.01. The van der Waals surface area contributed by atoms with Gasteiger partial charge >= 0.3 is 0 Å². The van der Waals surface area contributed by atoms with Crippen molar-refractivity contribution in [2.75, 3.05) is 5.43 Å². The summed E-state index contributed by atoms with van der Waals surface area (Å²) in [7, 11) is 0. The van der Waals surface area contributed by atoms with Gasteiger partial charge in [0.25, 0.3) is 5.95 Å². The van der Waals surface area contributed by atoms with Gasteiger partial charge in [-0.1, -0.05) is 60.7 Å². The maximum absolute atomic E-state index is 4.38. The predicted octanol–water partition coefficient (Wildman–Crippen LogP) is 2.98. The largest absolute Gasteiger partial charge is 0.263 e. The Hall–Kier alpha value is -3.08. The van der Waals surface area contributed by atoms with Crippen LogP contribution in [-0.4, -0.2) is 21.4 Å². The summed E-state index contributed by atoms with van der Waals surface area (Å²) in [5.74, 6) is 0.364. The minimum Gasteiger partial charge on any atom is -0.244 e. The third-order valence-electron chi connectivity index (χ3n) is 2.81. The number of hydrazone groups is 1. The Morgan fingerprint density at radius 2 is 1.62 bits per heavy atom. The zero-order chi connectivity index (χ0) is 14.3. The molecule has 1 aromatic heterocycles. The Morgan fingerprint density at radius 1 is 0.905 bits per heavy atom. The topological polar surface area (TPSA) is 63.1 Å². The first-order chi connectivity index (χ1) is 10.4. The summed E-state index contributed by atoms with van der Waals surface area (Å²) in [4.78, 5) is 4.38. The quantitative estimate of drug-likeness (QED) is 0.587. The van der Waals surface area contributed by atoms with Crippen molar-refractivity contribution in [3.05, 3.63) is 72.4 Å². The van der Waals surface area contributed by atoms with E-state index in [0.29, 0.717) is 5.95 Å². The van der Waals surface area contributed by atoms with Crippen LogP contribution in [0.25, 0.3) is 11.3 Å². The van der Waals surface area contributed by atoms with Gasteiger partial charge in [-0.15, -0.1) is 5.10 Å². The van der Waals surface area contributed by atoms with Gasteiger partial charge in [0.2, 0.25) is 0 Å². The highest BCUT2D eigenvalue weighted by Crippen LogP contribution is 2.15. The molecule has 0 aliphatic carbocycles. The molecule has 5 nitrogen and oxygen atoms in total. The highest BCUT2D eigenvalue weighted by Gasteiger charge is 2.01. The van der Waals surface area contributed by atoms with E-state index in [1.165, 1.54) is 0 Å². The second-order valence-corrected chi connectivity index (χ2v) is 4.31. The van der Waals surface area contributed by atoms with E-state index >= 15 is 0 Å². The van der Waals surface area contributed by atoms with Gasteiger partial charge in [0, 0.05) is 5.56 Å². The zero-order valence-electron chi connectivity index (χ0n) is 11.2. The van der Waals surface area contributed by atoms with E-state index < -0.39 is 0 Å². The predicted molar refractivity (Wildman–Crippen MR) is 82.9 cm³/mol. The van der Waals surface area contributed by atoms with Gasteiger partial charge in [-0.2, -0.15) is 10.2 Å². The highest BCUT2D eigenvalue weighted by molar-refractivity contribution is 5.79. The van der Waals surface area contributed by atoms with Crippen LogP contribution >= 0.6 is 0 Å². The fraction of sp³-hybridized carbons (Fsp3) is 0. The van der Waals surface area contributed by atoms with E-state index in [1.807, 2.05) is 60.7 Å². The summed E-state index contributed by atoms with van der Waals surface area (Å²) >= 11 is 0. The summed E-state index contributed by atoms with van der Waals surface area (Å²) in [5, 5.41) is 12.0. The van der Waals surface area contributed by atoms with Crippen LogP contribution in [0.1, 0.15) is 5.56 Å². The van der Waals surface area contributed by atoms with E-state index in [9.17, 15) is 0 Å². The first-order valence-electron chi connectivity index (χ1n) is 6.51. The summed E-state index contributed by atoms with van der Waals surface area (Å²) in [5.41, 5.74) is 5.53. The molecule has 3 aromatic rings. The molecule has 0 amide bonds. The lowest BCUT2D eigenvalue weighted by atomic mass is 10.2. The average Bonchev–Trinajstić information content (AvgIpc) is 2.57. The molecule has 21 heavy (non-hydrogen) atoms. The van der Waals surface area contributed by atoms with Crippen molar-refractivity contribution in [2.45, 2.75) is 0 Å². The second kappa shape index (κ2) is 6.38. The van der Waals surface area contributed by atoms with Crippen LogP contribution in [0.2, 0.25) is 0 Å². The summed E-state index contributed by atoms with van der Waals surface area (Å²) in [6, 6.07) is 19.6. The highest BCUT2D eigenvalue weighted by atomic mass is 15.4. The van der Waals surface area contributed by atoms with Crippen LogP contribution in [0.5, 0.6) is 0 Å². The van der Waals surface area contributed by atoms with Crippen LogP contribution in [0, 0.1) is 0 Å². The first-order valence-corrected chi connectivity index (χ1v) is 6.51. The molecular formula is C16H13N5. The molecule has 0 saturated carbocycles. The molecule has 0 saturated heterocycles. The van der Waals surface area contributed by atoms with Crippen molar-refractivity contribution >= 4 is 12.2 Å². The third-order valence-corrected chi connectivity index (χ3v) is 2.81. The molecule has 1 N–H and O–H groups in total. The van der Waals surface area contributed by atoms with Crippen molar-refractivity contribution in [1.82, 2.24) is 15.2 Å². The summed E-state index contributed by atoms with van der Waals surface area (Å²) in [6.45, 7) is 0. The van der Waals surface area contributed by atoms with E-state index in [-0.39, 0.29) is 0 Å². The monoisotopic (exact) mass is 275 g/mol. The molecule has 0 aliphatic rings. The number of anilines is 1. The minimum atomic E-state index is 0.364. The van der Waals surface area contributed by atoms with Gasteiger partial charge in [0.15, 0.2) is 0 Å². The molecule has 0 radical (unpaired) electrons. The van der Waals surface area contributed by atoms with Crippen molar-refractivity contribution in [3.8, 4) is 11.3 Å². The number of nitrogens with one attached hydrogen (secondary N) is 1. The van der Waals surface area contributed by atoms with Crippen LogP contribution in [0.4, 0.5) is 5.95 Å². The van der Waals surface area contributed by atoms with Crippen LogP contribution in [0.15, 0.2) is 72.0 Å². The number of rotatable bonds is 4. The molecule has 0 atom stereocenters. The number of aromatic nitrogens is 3. The minimum absolute atomic E-state index is 0.364. The molecule has 3 rings (SSSR count). The number of nitrogens with zero attached hydrogens (tertiary/aromatic N) is 4. The van der Waals surface area contributed by atoms with E-state index in [1.54, 1.807) is 12.4 Å². The molecule has 1 heterocycles. The molecule has 2 aromatic carbocycles. The van der Waals surface area contributed by atoms with Crippen LogP contribution in [-0.2, 0) is 0 Å². The fourth-order valence-corrected chi connectivity index (χ4v) is 1.80. The van der Waals surface area contributed by atoms with Crippen molar-refractivity contribution in [3.63, 3.8) is 0 Å². The van der Waals surface area contributed by atoms with Gasteiger partial charge in [-0.25, -0.2) is 10.4 Å². The second-order valence-electron chi connectivity index (χ2n) is 4.31. The zero-order valence-corrected chi connectivity index (χ0v) is 11.2. The van der Waals surface area contributed by atoms with Crippen LogP contribution in [0.3, 0.4) is 0 Å². The molecule has 102 valence electrons. The van der Waals surface area contributed by atoms with Gasteiger partial charge in [-0.3, -0.25) is 0 Å². The Labute approximate surface area is 122 Å². The van der Waals surface area contributed by atoms with Gasteiger partial charge in [0.1, 0.15) is 0 Å². The smallest absolute Gasteiger partial charge is 0.244 e. The summed E-state index contributed by atoms with van der Waals surface area (Å²) < 4.78 is 0. The van der Waals surface area contributed by atoms with E-state index in [2.05, 4.69) is 25.7 Å². The van der Waals surface area contributed by atoms with E-state index in [4.69, 9.17) is 0 Å². The van der Waals surface area contributed by atoms with Crippen molar-refractivity contribution in [1.29, 1.82) is 0 Å². The SMILES string of the molecule is C(=N/Nc1nncc(-c2ccccc2)n1)/c1ccccc1. The Bertz CT molecular complexity index is 726. The normalized spacial score (nSPS) is 10.7. The summed E-state index contributed by atoms with van der Waals surface area (Å²) in [6.07, 6.45) is 3.33. The molecule has 0 aliphatic heterocycles. The van der Waals surface area contributed by atoms with Gasteiger partial charge in [0.05, 0.1) is 18.1 Å². The Morgan fingerprint density at radius 3 is 2.38 bits per heavy atom. The standard InChI is InChI=1S/C16H13N5/c1-3-7-13(8-4-1)11-17-20-16-19-15(12-18-21-16)14-9-5-2-6-10-14/h1-12H,(H,19,20,21)/b17-11-. The third kappa shape index (κ3) is 3.48. The molecular weight excluding hydrogens is 262 g/mol. The lowest BCUT2D eigenvalue weighted by molar-refractivity contribution is 0.967. The maximum Gasteiger partial charge on any atom is 0.263 e. The van der Waals surface area contributed by atoms with Crippen molar-refractivity contribution < 1.29 is 0 Å². The first kappa shape index (κ1) is 12.9. The van der Waals surface area contributed by atoms with Gasteiger partial charge in [-0.05, 0) is 5.56 Å². The Kier molecular flexibility index (Phi) is 3.93. The molecule has 0 spiro atoms.